The van der Waals surface area contributed by atoms with E-state index in [1.807, 2.05) is 32.0 Å². The van der Waals surface area contributed by atoms with Crippen molar-refractivity contribution in [1.82, 2.24) is 0 Å². The predicted octanol–water partition coefficient (Wildman–Crippen LogP) is 7.99. The number of furan rings is 1. The first kappa shape index (κ1) is 22.1. The van der Waals surface area contributed by atoms with Crippen molar-refractivity contribution >= 4 is 69.6 Å². The molecule has 152 valence electrons. The molecular weight excluding hydrogens is 479 g/mol. The van der Waals surface area contributed by atoms with E-state index in [4.69, 9.17) is 67.2 Å². The van der Waals surface area contributed by atoms with Crippen LogP contribution in [-0.2, 0) is 6.61 Å². The third kappa shape index (κ3) is 4.79. The van der Waals surface area contributed by atoms with Gasteiger partial charge in [0.1, 0.15) is 22.4 Å². The number of ether oxygens (including phenoxy) is 1. The molecule has 3 rings (SSSR count). The molecule has 3 aromatic rings. The Balaban J connectivity index is 1.73. The Kier molecular flexibility index (Phi) is 6.92. The van der Waals surface area contributed by atoms with Gasteiger partial charge in [0, 0.05) is 5.69 Å². The summed E-state index contributed by atoms with van der Waals surface area (Å²) in [5.74, 6) is 0.212. The van der Waals surface area contributed by atoms with Gasteiger partial charge in [0.15, 0.2) is 11.5 Å². The molecule has 0 spiro atoms. The monoisotopic (exact) mass is 491 g/mol. The molecule has 0 atom stereocenters. The second-order valence-corrected chi connectivity index (χ2v) is 8.12. The van der Waals surface area contributed by atoms with Crippen LogP contribution in [0.25, 0.3) is 0 Å². The Morgan fingerprint density at radius 1 is 0.931 bits per heavy atom. The highest BCUT2D eigenvalue weighted by Crippen LogP contribution is 2.48. The fourth-order valence-corrected chi connectivity index (χ4v) is 3.72. The lowest BCUT2D eigenvalue weighted by Gasteiger charge is -2.12. The molecule has 0 unspecified atom stereocenters. The van der Waals surface area contributed by atoms with E-state index in [1.54, 1.807) is 12.1 Å². The van der Waals surface area contributed by atoms with Crippen molar-refractivity contribution < 1.29 is 13.9 Å². The van der Waals surface area contributed by atoms with E-state index >= 15 is 0 Å². The summed E-state index contributed by atoms with van der Waals surface area (Å²) in [5, 5.41) is 3.00. The summed E-state index contributed by atoms with van der Waals surface area (Å²) in [6.45, 7) is 3.81. The van der Waals surface area contributed by atoms with Gasteiger partial charge in [0.05, 0.1) is 15.1 Å². The minimum Gasteiger partial charge on any atom is -0.482 e. The lowest BCUT2D eigenvalue weighted by molar-refractivity contribution is 0.0992. The highest BCUT2D eigenvalue weighted by Gasteiger charge is 2.21. The maximum absolute atomic E-state index is 12.5. The average Bonchev–Trinajstić information content (AvgIpc) is 3.17. The standard InChI is InChI=1S/C20H14Cl5NO3/c1-9-3-4-10(2)12(7-9)26-20(27)13-6-5-11(29-13)8-28-19-17(24)15(22)14(21)16(23)18(19)25/h3-7H,8H2,1-2H3,(H,26,27). The van der Waals surface area contributed by atoms with Crippen LogP contribution in [0.2, 0.25) is 25.1 Å². The molecule has 1 aromatic heterocycles. The number of benzene rings is 2. The van der Waals surface area contributed by atoms with Crippen molar-refractivity contribution in [3.05, 3.63) is 78.1 Å². The summed E-state index contributed by atoms with van der Waals surface area (Å²) in [4.78, 5) is 12.5. The number of rotatable bonds is 5. The molecule has 0 saturated carbocycles. The van der Waals surface area contributed by atoms with Crippen LogP contribution < -0.4 is 10.1 Å². The zero-order valence-electron chi connectivity index (χ0n) is 15.2. The first-order valence-electron chi connectivity index (χ1n) is 8.30. The van der Waals surface area contributed by atoms with Gasteiger partial charge in [-0.2, -0.15) is 0 Å². The zero-order chi connectivity index (χ0) is 21.3. The molecule has 0 aliphatic carbocycles. The van der Waals surface area contributed by atoms with Crippen molar-refractivity contribution in [3.63, 3.8) is 0 Å². The second kappa shape index (κ2) is 9.07. The fraction of sp³-hybridized carbons (Fsp3) is 0.150. The van der Waals surface area contributed by atoms with Crippen LogP contribution in [0.1, 0.15) is 27.4 Å². The maximum atomic E-state index is 12.5. The quantitative estimate of drug-likeness (QED) is 0.289. The third-order valence-electron chi connectivity index (χ3n) is 4.06. The number of amides is 1. The molecule has 0 saturated heterocycles. The Morgan fingerprint density at radius 3 is 2.21 bits per heavy atom. The molecule has 9 heteroatoms. The van der Waals surface area contributed by atoms with E-state index in [1.165, 1.54) is 0 Å². The largest absolute Gasteiger partial charge is 0.482 e. The van der Waals surface area contributed by atoms with Crippen molar-refractivity contribution in [2.75, 3.05) is 5.32 Å². The SMILES string of the molecule is Cc1ccc(C)c(NC(=O)c2ccc(COc3c(Cl)c(Cl)c(Cl)c(Cl)c3Cl)o2)c1. The number of hydrogen-bond donors (Lipinski definition) is 1. The normalized spacial score (nSPS) is 10.9. The first-order chi connectivity index (χ1) is 13.7. The Labute approximate surface area is 192 Å². The van der Waals surface area contributed by atoms with E-state index in [2.05, 4.69) is 5.32 Å². The van der Waals surface area contributed by atoms with Crippen LogP contribution in [0, 0.1) is 13.8 Å². The summed E-state index contributed by atoms with van der Waals surface area (Å²) in [5.41, 5.74) is 2.70. The van der Waals surface area contributed by atoms with Crippen molar-refractivity contribution in [2.24, 2.45) is 0 Å². The van der Waals surface area contributed by atoms with Crippen molar-refractivity contribution in [2.45, 2.75) is 20.5 Å². The van der Waals surface area contributed by atoms with Crippen LogP contribution in [0.15, 0.2) is 34.7 Å². The van der Waals surface area contributed by atoms with E-state index in [0.717, 1.165) is 11.1 Å². The minimum absolute atomic E-state index is 0.0329. The summed E-state index contributed by atoms with van der Waals surface area (Å²) >= 11 is 30.3. The van der Waals surface area contributed by atoms with E-state index in [-0.39, 0.29) is 49.1 Å². The van der Waals surface area contributed by atoms with Gasteiger partial charge in [-0.3, -0.25) is 4.79 Å². The van der Waals surface area contributed by atoms with Crippen molar-refractivity contribution in [3.8, 4) is 5.75 Å². The summed E-state index contributed by atoms with van der Waals surface area (Å²) in [7, 11) is 0. The maximum Gasteiger partial charge on any atom is 0.291 e. The first-order valence-corrected chi connectivity index (χ1v) is 10.2. The Morgan fingerprint density at radius 2 is 1.55 bits per heavy atom. The molecule has 0 fully saturated rings. The van der Waals surface area contributed by atoms with Gasteiger partial charge in [-0.05, 0) is 43.2 Å². The number of anilines is 1. The van der Waals surface area contributed by atoms with Gasteiger partial charge in [0.2, 0.25) is 0 Å². The molecule has 0 aliphatic heterocycles. The average molecular weight is 494 g/mol. The van der Waals surface area contributed by atoms with E-state index in [9.17, 15) is 4.79 Å². The molecule has 4 nitrogen and oxygen atoms in total. The Hall–Kier alpha value is -1.56. The smallest absolute Gasteiger partial charge is 0.291 e. The van der Waals surface area contributed by atoms with Gasteiger partial charge < -0.3 is 14.5 Å². The number of nitrogens with one attached hydrogen (secondary N) is 1. The van der Waals surface area contributed by atoms with Crippen molar-refractivity contribution in [1.29, 1.82) is 0 Å². The van der Waals surface area contributed by atoms with E-state index < -0.39 is 0 Å². The van der Waals surface area contributed by atoms with Gasteiger partial charge in [-0.25, -0.2) is 0 Å². The van der Waals surface area contributed by atoms with Gasteiger partial charge in [-0.15, -0.1) is 0 Å². The molecule has 0 radical (unpaired) electrons. The number of carbonyl (C=O) groups excluding carboxylic acids is 1. The lowest BCUT2D eigenvalue weighted by Crippen LogP contribution is -2.12. The molecule has 2 aromatic carbocycles. The predicted molar refractivity (Wildman–Crippen MR) is 118 cm³/mol. The van der Waals surface area contributed by atoms with Crippen LogP contribution in [0.3, 0.4) is 0 Å². The lowest BCUT2D eigenvalue weighted by atomic mass is 10.1. The number of carbonyl (C=O) groups is 1. The minimum atomic E-state index is -0.376. The Bertz CT molecular complexity index is 1060. The molecule has 29 heavy (non-hydrogen) atoms. The number of hydrogen-bond acceptors (Lipinski definition) is 3. The van der Waals surface area contributed by atoms with Crippen LogP contribution >= 0.6 is 58.0 Å². The highest BCUT2D eigenvalue weighted by atomic mass is 35.5. The molecule has 1 amide bonds. The summed E-state index contributed by atoms with van der Waals surface area (Å²) in [6.07, 6.45) is 0. The molecule has 1 N–H and O–H groups in total. The fourth-order valence-electron chi connectivity index (χ4n) is 2.49. The van der Waals surface area contributed by atoms with Gasteiger partial charge in [-0.1, -0.05) is 70.1 Å². The zero-order valence-corrected chi connectivity index (χ0v) is 19.0. The summed E-state index contributed by atoms with van der Waals surface area (Å²) in [6, 6.07) is 8.95. The van der Waals surface area contributed by atoms with Crippen LogP contribution in [0.4, 0.5) is 5.69 Å². The third-order valence-corrected chi connectivity index (χ3v) is 6.30. The number of aryl methyl sites for hydroxylation is 2. The number of halogens is 5. The van der Waals surface area contributed by atoms with Gasteiger partial charge >= 0.3 is 0 Å². The van der Waals surface area contributed by atoms with Crippen LogP contribution in [0.5, 0.6) is 5.75 Å². The molecule has 1 heterocycles. The molecule has 0 bridgehead atoms. The van der Waals surface area contributed by atoms with Gasteiger partial charge in [0.25, 0.3) is 5.91 Å². The second-order valence-electron chi connectivity index (χ2n) is 6.23. The van der Waals surface area contributed by atoms with E-state index in [0.29, 0.717) is 11.4 Å². The van der Waals surface area contributed by atoms with Crippen LogP contribution in [-0.4, -0.2) is 5.91 Å². The highest BCUT2D eigenvalue weighted by molar-refractivity contribution is 6.55. The summed E-state index contributed by atoms with van der Waals surface area (Å²) < 4.78 is 11.2. The topological polar surface area (TPSA) is 51.5 Å². The molecular formula is C20H14Cl5NO3. The molecule has 0 aliphatic rings.